The largest absolute Gasteiger partial charge is 0.476 e. The number of carbonyl (C=O) groups is 3. The number of nitrogens with one attached hydrogen (secondary N) is 1. The number of hydrogen-bond donors (Lipinski definition) is 2. The van der Waals surface area contributed by atoms with Crippen molar-refractivity contribution in [2.45, 2.75) is 13.0 Å². The van der Waals surface area contributed by atoms with E-state index in [9.17, 15) is 18.8 Å². The number of hydrogen-bond acceptors (Lipinski definition) is 4. The van der Waals surface area contributed by atoms with Crippen LogP contribution in [-0.2, 0) is 14.3 Å². The minimum Gasteiger partial charge on any atom is -0.476 e. The molecule has 23 heavy (non-hydrogen) atoms. The molecule has 1 aromatic carbocycles. The predicted molar refractivity (Wildman–Crippen MR) is 79.5 cm³/mol. The van der Waals surface area contributed by atoms with Crippen LogP contribution in [0.25, 0.3) is 6.08 Å². The lowest BCUT2D eigenvalue weighted by Crippen LogP contribution is -2.33. The summed E-state index contributed by atoms with van der Waals surface area (Å²) < 4.78 is 18.1. The van der Waals surface area contributed by atoms with E-state index in [1.54, 1.807) is 12.1 Å². The van der Waals surface area contributed by atoms with Gasteiger partial charge in [-0.25, -0.2) is 9.59 Å². The van der Waals surface area contributed by atoms with Crippen LogP contribution < -0.4 is 10.2 Å². The molecule has 7 nitrogen and oxygen atoms in total. The number of amides is 2. The van der Waals surface area contributed by atoms with Crippen LogP contribution in [0, 0.1) is 0 Å². The van der Waals surface area contributed by atoms with Gasteiger partial charge in [0.2, 0.25) is 11.7 Å². The molecule has 1 atom stereocenters. The van der Waals surface area contributed by atoms with E-state index < -0.39 is 24.0 Å². The molecule has 0 radical (unpaired) electrons. The van der Waals surface area contributed by atoms with Crippen LogP contribution in [0.4, 0.5) is 14.9 Å². The summed E-state index contributed by atoms with van der Waals surface area (Å²) in [6.45, 7) is 1.87. The van der Waals surface area contributed by atoms with Gasteiger partial charge in [0.25, 0.3) is 0 Å². The number of ether oxygens (including phenoxy) is 1. The highest BCUT2D eigenvalue weighted by Gasteiger charge is 2.32. The van der Waals surface area contributed by atoms with Crippen LogP contribution in [-0.4, -0.2) is 42.3 Å². The molecular formula is C15H15FN2O5. The molecule has 1 fully saturated rings. The van der Waals surface area contributed by atoms with Crippen LogP contribution in [0.2, 0.25) is 0 Å². The molecule has 0 aliphatic carbocycles. The number of rotatable bonds is 5. The number of carboxylic acids is 1. The van der Waals surface area contributed by atoms with Gasteiger partial charge in [0.1, 0.15) is 6.10 Å². The molecule has 122 valence electrons. The predicted octanol–water partition coefficient (Wildman–Crippen LogP) is 1.54. The number of carbonyl (C=O) groups excluding carboxylic acids is 2. The summed E-state index contributed by atoms with van der Waals surface area (Å²) in [7, 11) is 0. The van der Waals surface area contributed by atoms with Crippen molar-refractivity contribution in [2.24, 2.45) is 0 Å². The van der Waals surface area contributed by atoms with Crippen LogP contribution in [0.15, 0.2) is 30.1 Å². The normalized spacial score (nSPS) is 17.8. The summed E-state index contributed by atoms with van der Waals surface area (Å²) in [5.41, 5.74) is 0.893. The van der Waals surface area contributed by atoms with Gasteiger partial charge in [0.15, 0.2) is 0 Å². The molecule has 0 aromatic heterocycles. The maximum atomic E-state index is 13.0. The van der Waals surface area contributed by atoms with Crippen molar-refractivity contribution < 1.29 is 28.6 Å². The molecular weight excluding hydrogens is 307 g/mol. The third kappa shape index (κ3) is 4.29. The van der Waals surface area contributed by atoms with Crippen LogP contribution in [0.1, 0.15) is 12.5 Å². The fourth-order valence-electron chi connectivity index (χ4n) is 2.05. The summed E-state index contributed by atoms with van der Waals surface area (Å²) in [4.78, 5) is 34.5. The molecule has 2 N–H and O–H groups in total. The molecule has 1 aromatic rings. The number of halogens is 1. The lowest BCUT2D eigenvalue weighted by Gasteiger charge is -2.13. The minimum absolute atomic E-state index is 0.212. The standard InChI is InChI=1S/C15H15FN2O5/c1-9(19)17-7-12-8-18(15(22)23-12)11-4-2-10(3-5-11)6-13(16)14(20)21/h2-6,12H,7-8H2,1H3,(H,17,19)(H,20,21)/b13-6+/t12-/m0/s1. The van der Waals surface area contributed by atoms with Crippen molar-refractivity contribution in [1.29, 1.82) is 0 Å². The Hall–Kier alpha value is -2.90. The topological polar surface area (TPSA) is 95.9 Å². The fourth-order valence-corrected chi connectivity index (χ4v) is 2.05. The van der Waals surface area contributed by atoms with Gasteiger partial charge in [-0.05, 0) is 23.8 Å². The van der Waals surface area contributed by atoms with Gasteiger partial charge in [-0.15, -0.1) is 0 Å². The first-order chi connectivity index (χ1) is 10.9. The first-order valence-corrected chi connectivity index (χ1v) is 6.80. The number of anilines is 1. The van der Waals surface area contributed by atoms with E-state index >= 15 is 0 Å². The van der Waals surface area contributed by atoms with E-state index in [1.807, 2.05) is 0 Å². The Morgan fingerprint density at radius 2 is 2.09 bits per heavy atom. The monoisotopic (exact) mass is 322 g/mol. The van der Waals surface area contributed by atoms with Crippen LogP contribution >= 0.6 is 0 Å². The highest BCUT2D eigenvalue weighted by molar-refractivity contribution is 5.91. The minimum atomic E-state index is -1.64. The second-order valence-corrected chi connectivity index (χ2v) is 4.94. The molecule has 0 spiro atoms. The fraction of sp³-hybridized carbons (Fsp3) is 0.267. The second kappa shape index (κ2) is 6.91. The van der Waals surface area contributed by atoms with E-state index in [0.29, 0.717) is 11.3 Å². The quantitative estimate of drug-likeness (QED) is 0.802. The van der Waals surface area contributed by atoms with Gasteiger partial charge in [-0.1, -0.05) is 12.1 Å². The van der Waals surface area contributed by atoms with E-state index in [2.05, 4.69) is 5.32 Å². The lowest BCUT2D eigenvalue weighted by molar-refractivity contribution is -0.134. The highest BCUT2D eigenvalue weighted by Crippen LogP contribution is 2.22. The zero-order valence-corrected chi connectivity index (χ0v) is 12.3. The zero-order chi connectivity index (χ0) is 17.0. The summed E-state index contributed by atoms with van der Waals surface area (Å²) in [5, 5.41) is 11.1. The Labute approximate surface area is 131 Å². The van der Waals surface area contributed by atoms with Crippen molar-refractivity contribution in [3.05, 3.63) is 35.7 Å². The summed E-state index contributed by atoms with van der Waals surface area (Å²) in [5.74, 6) is -3.12. The Morgan fingerprint density at radius 3 is 2.65 bits per heavy atom. The molecule has 8 heteroatoms. The number of aliphatic carboxylic acids is 1. The lowest BCUT2D eigenvalue weighted by atomic mass is 10.1. The second-order valence-electron chi connectivity index (χ2n) is 4.94. The smallest absolute Gasteiger partial charge is 0.414 e. The highest BCUT2D eigenvalue weighted by atomic mass is 19.1. The Kier molecular flexibility index (Phi) is 4.95. The van der Waals surface area contributed by atoms with Crippen LogP contribution in [0.5, 0.6) is 0 Å². The maximum Gasteiger partial charge on any atom is 0.414 e. The maximum absolute atomic E-state index is 13.0. The number of nitrogens with zero attached hydrogens (tertiary/aromatic N) is 1. The van der Waals surface area contributed by atoms with Crippen LogP contribution in [0.3, 0.4) is 0 Å². The number of carboxylic acid groups (broad SMARTS) is 1. The molecule has 0 bridgehead atoms. The van der Waals surface area contributed by atoms with Crippen molar-refractivity contribution in [3.8, 4) is 0 Å². The molecule has 0 unspecified atom stereocenters. The SMILES string of the molecule is CC(=O)NC[C@H]1CN(c2ccc(/C=C(/F)C(=O)O)cc2)C(=O)O1. The van der Waals surface area contributed by atoms with E-state index in [-0.39, 0.29) is 19.0 Å². The van der Waals surface area contributed by atoms with Gasteiger partial charge in [0, 0.05) is 12.6 Å². The van der Waals surface area contributed by atoms with Crippen molar-refractivity contribution in [2.75, 3.05) is 18.0 Å². The number of cyclic esters (lactones) is 1. The van der Waals surface area contributed by atoms with Crippen molar-refractivity contribution >= 4 is 29.7 Å². The van der Waals surface area contributed by atoms with Crippen molar-refractivity contribution in [1.82, 2.24) is 5.32 Å². The summed E-state index contributed by atoms with van der Waals surface area (Å²) in [6, 6.07) is 6.10. The summed E-state index contributed by atoms with van der Waals surface area (Å²) >= 11 is 0. The van der Waals surface area contributed by atoms with Gasteiger partial charge in [0.05, 0.1) is 13.1 Å². The van der Waals surface area contributed by atoms with E-state index in [1.165, 1.54) is 24.0 Å². The average Bonchev–Trinajstić information content (AvgIpc) is 2.87. The van der Waals surface area contributed by atoms with Crippen molar-refractivity contribution in [3.63, 3.8) is 0 Å². The molecule has 2 rings (SSSR count). The zero-order valence-electron chi connectivity index (χ0n) is 12.3. The molecule has 1 saturated heterocycles. The summed E-state index contributed by atoms with van der Waals surface area (Å²) in [6.07, 6.45) is -0.107. The Balaban J connectivity index is 2.05. The van der Waals surface area contributed by atoms with Gasteiger partial charge < -0.3 is 15.2 Å². The van der Waals surface area contributed by atoms with E-state index in [4.69, 9.17) is 9.84 Å². The van der Waals surface area contributed by atoms with Gasteiger partial charge >= 0.3 is 12.1 Å². The van der Waals surface area contributed by atoms with Gasteiger partial charge in [-0.3, -0.25) is 9.69 Å². The van der Waals surface area contributed by atoms with E-state index in [0.717, 1.165) is 6.08 Å². The number of benzene rings is 1. The molecule has 1 aliphatic heterocycles. The molecule has 1 aliphatic rings. The Morgan fingerprint density at radius 1 is 1.43 bits per heavy atom. The molecule has 0 saturated carbocycles. The average molecular weight is 322 g/mol. The Bertz CT molecular complexity index is 656. The third-order valence-corrected chi connectivity index (χ3v) is 3.16. The third-order valence-electron chi connectivity index (χ3n) is 3.16. The first kappa shape index (κ1) is 16.5. The molecule has 2 amide bonds. The molecule has 1 heterocycles. The van der Waals surface area contributed by atoms with Gasteiger partial charge in [-0.2, -0.15) is 4.39 Å². The first-order valence-electron chi connectivity index (χ1n) is 6.80.